The Bertz CT molecular complexity index is 395. The zero-order chi connectivity index (χ0) is 11.6. The van der Waals surface area contributed by atoms with Crippen LogP contribution in [0.5, 0.6) is 5.75 Å². The summed E-state index contributed by atoms with van der Waals surface area (Å²) in [5.74, 6) is 0.144. The van der Waals surface area contributed by atoms with E-state index in [9.17, 15) is 9.67 Å². The molecule has 0 aliphatic carbocycles. The summed E-state index contributed by atoms with van der Waals surface area (Å²) in [6.07, 6.45) is -0.160. The molecule has 0 heterocycles. The second-order valence-electron chi connectivity index (χ2n) is 3.97. The smallest absolute Gasteiger partial charge is 0.122 e. The quantitative estimate of drug-likeness (QED) is 0.808. The number of hydrogen-bond acceptors (Lipinski definition) is 3. The number of methoxy groups -OCH3 is 1. The van der Waals surface area contributed by atoms with Gasteiger partial charge in [0.1, 0.15) is 12.9 Å². The standard InChI is InChI=1S/C11H17O3P/c1-8(14-2)10-6-5-9(7-11(10)12)15(3,4)13/h5-8,12H,1-4H3/t8-/m0/s1. The van der Waals surface area contributed by atoms with Crippen molar-refractivity contribution in [1.29, 1.82) is 0 Å². The van der Waals surface area contributed by atoms with E-state index in [1.807, 2.05) is 6.92 Å². The van der Waals surface area contributed by atoms with Crippen LogP contribution in [0, 0.1) is 0 Å². The number of phenolic OH excluding ortho intramolecular Hbond substituents is 1. The molecule has 0 aliphatic heterocycles. The molecule has 1 N–H and O–H groups in total. The summed E-state index contributed by atoms with van der Waals surface area (Å²) in [7, 11) is -0.719. The zero-order valence-corrected chi connectivity index (χ0v) is 10.4. The van der Waals surface area contributed by atoms with Crippen LogP contribution < -0.4 is 5.30 Å². The van der Waals surface area contributed by atoms with Gasteiger partial charge in [0.2, 0.25) is 0 Å². The summed E-state index contributed by atoms with van der Waals surface area (Å²) in [6.45, 7) is 5.22. The van der Waals surface area contributed by atoms with Crippen molar-refractivity contribution >= 4 is 12.4 Å². The van der Waals surface area contributed by atoms with E-state index in [0.29, 0.717) is 5.30 Å². The van der Waals surface area contributed by atoms with E-state index in [1.54, 1.807) is 38.6 Å². The summed E-state index contributed by atoms with van der Waals surface area (Å²) in [6, 6.07) is 5.11. The first-order valence-corrected chi connectivity index (χ1v) is 7.37. The van der Waals surface area contributed by atoms with Gasteiger partial charge in [-0.1, -0.05) is 12.1 Å². The summed E-state index contributed by atoms with van der Waals surface area (Å²) in [5, 5.41) is 10.4. The summed E-state index contributed by atoms with van der Waals surface area (Å²) < 4.78 is 16.9. The fourth-order valence-electron chi connectivity index (χ4n) is 1.34. The van der Waals surface area contributed by atoms with Crippen molar-refractivity contribution in [3.63, 3.8) is 0 Å². The number of hydrogen-bond donors (Lipinski definition) is 1. The highest BCUT2D eigenvalue weighted by Crippen LogP contribution is 2.37. The maximum atomic E-state index is 11.8. The van der Waals surface area contributed by atoms with Crippen LogP contribution in [-0.4, -0.2) is 25.5 Å². The van der Waals surface area contributed by atoms with Gasteiger partial charge in [0.25, 0.3) is 0 Å². The van der Waals surface area contributed by atoms with E-state index < -0.39 is 7.14 Å². The topological polar surface area (TPSA) is 46.5 Å². The fraction of sp³-hybridized carbons (Fsp3) is 0.455. The van der Waals surface area contributed by atoms with Gasteiger partial charge in [-0.2, -0.15) is 0 Å². The normalized spacial score (nSPS) is 13.9. The van der Waals surface area contributed by atoms with E-state index in [4.69, 9.17) is 4.74 Å². The third-order valence-electron chi connectivity index (χ3n) is 2.43. The zero-order valence-electron chi connectivity index (χ0n) is 9.52. The Hall–Kier alpha value is -0.790. The van der Waals surface area contributed by atoms with Crippen LogP contribution >= 0.6 is 7.14 Å². The molecular formula is C11H17O3P. The molecule has 0 amide bonds. The van der Waals surface area contributed by atoms with Gasteiger partial charge < -0.3 is 14.4 Å². The molecule has 1 aromatic carbocycles. The highest BCUT2D eigenvalue weighted by Gasteiger charge is 2.15. The van der Waals surface area contributed by atoms with E-state index in [1.165, 1.54) is 0 Å². The lowest BCUT2D eigenvalue weighted by Crippen LogP contribution is -2.05. The first-order valence-electron chi connectivity index (χ1n) is 4.77. The van der Waals surface area contributed by atoms with Crippen LogP contribution in [0.2, 0.25) is 0 Å². The molecule has 1 atom stereocenters. The third kappa shape index (κ3) is 2.83. The highest BCUT2D eigenvalue weighted by atomic mass is 31.2. The first kappa shape index (κ1) is 12.3. The number of benzene rings is 1. The molecule has 0 fully saturated rings. The van der Waals surface area contributed by atoms with E-state index in [0.717, 1.165) is 5.56 Å². The Labute approximate surface area is 90.5 Å². The molecule has 0 saturated heterocycles. The van der Waals surface area contributed by atoms with Gasteiger partial charge in [0.05, 0.1) is 6.10 Å². The van der Waals surface area contributed by atoms with Gasteiger partial charge in [-0.25, -0.2) is 0 Å². The lowest BCUT2D eigenvalue weighted by molar-refractivity contribution is 0.117. The van der Waals surface area contributed by atoms with Crippen LogP contribution in [0.3, 0.4) is 0 Å². The first-order chi connectivity index (χ1) is 6.86. The summed E-state index contributed by atoms with van der Waals surface area (Å²) in [4.78, 5) is 0. The maximum Gasteiger partial charge on any atom is 0.122 e. The van der Waals surface area contributed by atoms with Crippen LogP contribution in [-0.2, 0) is 9.30 Å². The van der Waals surface area contributed by atoms with Crippen molar-refractivity contribution in [2.45, 2.75) is 13.0 Å². The molecule has 0 radical (unpaired) electrons. The molecule has 84 valence electrons. The van der Waals surface area contributed by atoms with Crippen molar-refractivity contribution in [3.05, 3.63) is 23.8 Å². The van der Waals surface area contributed by atoms with Gasteiger partial charge in [-0.05, 0) is 26.3 Å². The van der Waals surface area contributed by atoms with E-state index in [2.05, 4.69) is 0 Å². The Morgan fingerprint density at radius 1 is 1.40 bits per heavy atom. The molecule has 4 heteroatoms. The minimum Gasteiger partial charge on any atom is -0.508 e. The average molecular weight is 228 g/mol. The Morgan fingerprint density at radius 3 is 2.40 bits per heavy atom. The number of aromatic hydroxyl groups is 1. The predicted molar refractivity (Wildman–Crippen MR) is 62.6 cm³/mol. The van der Waals surface area contributed by atoms with Crippen LogP contribution in [0.4, 0.5) is 0 Å². The van der Waals surface area contributed by atoms with Gasteiger partial charge in [-0.15, -0.1) is 0 Å². The molecule has 0 aliphatic rings. The molecule has 1 aromatic rings. The van der Waals surface area contributed by atoms with Crippen molar-refractivity contribution < 1.29 is 14.4 Å². The molecule has 0 spiro atoms. The molecule has 1 rings (SSSR count). The molecule has 0 saturated carbocycles. The Kier molecular flexibility index (Phi) is 3.58. The van der Waals surface area contributed by atoms with Crippen LogP contribution in [0.25, 0.3) is 0 Å². The molecule has 0 bridgehead atoms. The average Bonchev–Trinajstić information content (AvgIpc) is 2.15. The van der Waals surface area contributed by atoms with Gasteiger partial charge in [0.15, 0.2) is 0 Å². The molecule has 0 unspecified atom stereocenters. The lowest BCUT2D eigenvalue weighted by Gasteiger charge is -2.14. The predicted octanol–water partition coefficient (Wildman–Crippen LogP) is 2.35. The SMILES string of the molecule is CO[C@@H](C)c1ccc(P(C)(C)=O)cc1O. The number of rotatable bonds is 3. The molecule has 3 nitrogen and oxygen atoms in total. The highest BCUT2D eigenvalue weighted by molar-refractivity contribution is 7.70. The van der Waals surface area contributed by atoms with E-state index >= 15 is 0 Å². The van der Waals surface area contributed by atoms with Crippen molar-refractivity contribution in [1.82, 2.24) is 0 Å². The maximum absolute atomic E-state index is 11.8. The number of phenols is 1. The monoisotopic (exact) mass is 228 g/mol. The third-order valence-corrected chi connectivity index (χ3v) is 3.95. The molecule has 0 aromatic heterocycles. The van der Waals surface area contributed by atoms with Crippen LogP contribution in [0.15, 0.2) is 18.2 Å². The van der Waals surface area contributed by atoms with Gasteiger partial charge >= 0.3 is 0 Å². The second-order valence-corrected chi connectivity index (χ2v) is 7.19. The fourth-order valence-corrected chi connectivity index (χ4v) is 2.20. The minimum atomic E-state index is -2.30. The van der Waals surface area contributed by atoms with Crippen molar-refractivity contribution in [3.8, 4) is 5.75 Å². The number of ether oxygens (including phenoxy) is 1. The molecule has 15 heavy (non-hydrogen) atoms. The van der Waals surface area contributed by atoms with Crippen molar-refractivity contribution in [2.24, 2.45) is 0 Å². The van der Waals surface area contributed by atoms with Gasteiger partial charge in [-0.3, -0.25) is 0 Å². The largest absolute Gasteiger partial charge is 0.508 e. The van der Waals surface area contributed by atoms with E-state index in [-0.39, 0.29) is 11.9 Å². The second kappa shape index (κ2) is 4.38. The van der Waals surface area contributed by atoms with Gasteiger partial charge in [0, 0.05) is 18.0 Å². The van der Waals surface area contributed by atoms with Crippen LogP contribution in [0.1, 0.15) is 18.6 Å². The summed E-state index contributed by atoms with van der Waals surface area (Å²) >= 11 is 0. The Morgan fingerprint density at radius 2 is 2.00 bits per heavy atom. The Balaban J connectivity index is 3.15. The summed E-state index contributed by atoms with van der Waals surface area (Å²) in [5.41, 5.74) is 0.717. The molecular weight excluding hydrogens is 211 g/mol. The minimum absolute atomic E-state index is 0.144. The lowest BCUT2D eigenvalue weighted by atomic mass is 10.1. The van der Waals surface area contributed by atoms with Crippen molar-refractivity contribution in [2.75, 3.05) is 20.4 Å².